The zero-order valence-corrected chi connectivity index (χ0v) is 12.7. The van der Waals surface area contributed by atoms with E-state index in [9.17, 15) is 0 Å². The molecule has 5 heteroatoms. The van der Waals surface area contributed by atoms with Gasteiger partial charge in [0.1, 0.15) is 0 Å². The summed E-state index contributed by atoms with van der Waals surface area (Å²) >= 11 is 1.75. The van der Waals surface area contributed by atoms with Crippen LogP contribution < -0.4 is 11.1 Å². The summed E-state index contributed by atoms with van der Waals surface area (Å²) in [6.45, 7) is 6.87. The van der Waals surface area contributed by atoms with Gasteiger partial charge in [-0.05, 0) is 46.3 Å². The van der Waals surface area contributed by atoms with Gasteiger partial charge in [-0.25, -0.2) is 0 Å². The van der Waals surface area contributed by atoms with E-state index >= 15 is 0 Å². The topological polar surface area (TPSA) is 53.6 Å². The van der Waals surface area contributed by atoms with Gasteiger partial charge in [-0.2, -0.15) is 0 Å². The van der Waals surface area contributed by atoms with Crippen LogP contribution in [0.5, 0.6) is 0 Å². The van der Waals surface area contributed by atoms with E-state index in [-0.39, 0.29) is 11.6 Å². The largest absolute Gasteiger partial charge is 0.370 e. The molecular weight excluding hydrogens is 244 g/mol. The van der Waals surface area contributed by atoms with E-state index in [0.717, 1.165) is 0 Å². The van der Waals surface area contributed by atoms with E-state index in [1.54, 1.807) is 11.3 Å². The molecule has 3 N–H and O–H groups in total. The first-order valence-electron chi connectivity index (χ1n) is 6.07. The standard InChI is InChI=1S/C13H24N4S/c1-13(2,3)16-12(14)15-9-10(17(4)5)11-7-6-8-18-11/h6-8,10H,9H2,1-5H3,(H3,14,15,16). The summed E-state index contributed by atoms with van der Waals surface area (Å²) in [5, 5.41) is 5.26. The van der Waals surface area contributed by atoms with Gasteiger partial charge in [-0.1, -0.05) is 6.07 Å². The van der Waals surface area contributed by atoms with Gasteiger partial charge in [0.2, 0.25) is 0 Å². The molecule has 0 spiro atoms. The van der Waals surface area contributed by atoms with Gasteiger partial charge in [-0.15, -0.1) is 11.3 Å². The van der Waals surface area contributed by atoms with Crippen molar-refractivity contribution < 1.29 is 0 Å². The number of likely N-dealkylation sites (N-methyl/N-ethyl adjacent to an activating group) is 1. The molecule has 0 saturated heterocycles. The summed E-state index contributed by atoms with van der Waals surface area (Å²) in [7, 11) is 4.13. The van der Waals surface area contributed by atoms with Crippen LogP contribution in [0.15, 0.2) is 22.5 Å². The third kappa shape index (κ3) is 5.06. The molecule has 0 aliphatic carbocycles. The Morgan fingerprint density at radius 1 is 1.50 bits per heavy atom. The van der Waals surface area contributed by atoms with Gasteiger partial charge < -0.3 is 16.0 Å². The van der Waals surface area contributed by atoms with Crippen LogP contribution in [0.3, 0.4) is 0 Å². The Bertz CT molecular complexity index is 376. The van der Waals surface area contributed by atoms with Crippen LogP contribution in [0.1, 0.15) is 31.7 Å². The predicted molar refractivity (Wildman–Crippen MR) is 80.1 cm³/mol. The quantitative estimate of drug-likeness (QED) is 0.649. The average molecular weight is 268 g/mol. The van der Waals surface area contributed by atoms with Crippen LogP contribution >= 0.6 is 11.3 Å². The van der Waals surface area contributed by atoms with Crippen molar-refractivity contribution in [3.8, 4) is 0 Å². The van der Waals surface area contributed by atoms with E-state index in [2.05, 4.69) is 67.6 Å². The van der Waals surface area contributed by atoms with E-state index < -0.39 is 0 Å². The molecule has 0 saturated carbocycles. The summed E-state index contributed by atoms with van der Waals surface area (Å²) in [5.74, 6) is 0.505. The van der Waals surface area contributed by atoms with Crippen molar-refractivity contribution >= 4 is 17.3 Å². The highest BCUT2D eigenvalue weighted by Crippen LogP contribution is 2.23. The summed E-state index contributed by atoms with van der Waals surface area (Å²) in [4.78, 5) is 7.91. The van der Waals surface area contributed by atoms with Crippen LogP contribution in [0, 0.1) is 0 Å². The summed E-state index contributed by atoms with van der Waals surface area (Å²) < 4.78 is 0. The Balaban J connectivity index is 2.66. The molecule has 0 amide bonds. The van der Waals surface area contributed by atoms with Gasteiger partial charge in [0.15, 0.2) is 5.96 Å². The molecule has 0 aromatic carbocycles. The number of aliphatic imine (C=N–C) groups is 1. The highest BCUT2D eigenvalue weighted by atomic mass is 32.1. The monoisotopic (exact) mass is 268 g/mol. The Hall–Kier alpha value is -1.07. The lowest BCUT2D eigenvalue weighted by Crippen LogP contribution is -2.45. The van der Waals surface area contributed by atoms with Crippen molar-refractivity contribution in [3.05, 3.63) is 22.4 Å². The molecule has 0 radical (unpaired) electrons. The maximum Gasteiger partial charge on any atom is 0.189 e. The Labute approximate surface area is 114 Å². The molecule has 102 valence electrons. The van der Waals surface area contributed by atoms with Gasteiger partial charge in [0, 0.05) is 10.4 Å². The van der Waals surface area contributed by atoms with Gasteiger partial charge in [-0.3, -0.25) is 4.99 Å². The average Bonchev–Trinajstić information content (AvgIpc) is 2.67. The van der Waals surface area contributed by atoms with E-state index in [1.165, 1.54) is 4.88 Å². The molecule has 1 aromatic rings. The molecule has 4 nitrogen and oxygen atoms in total. The lowest BCUT2D eigenvalue weighted by atomic mass is 10.1. The molecule has 0 fully saturated rings. The van der Waals surface area contributed by atoms with Crippen molar-refractivity contribution in [2.75, 3.05) is 20.6 Å². The highest BCUT2D eigenvalue weighted by Gasteiger charge is 2.15. The predicted octanol–water partition coefficient (Wildman–Crippen LogP) is 2.05. The molecule has 1 atom stereocenters. The molecule has 1 aromatic heterocycles. The molecule has 18 heavy (non-hydrogen) atoms. The number of hydrogen-bond acceptors (Lipinski definition) is 3. The van der Waals surface area contributed by atoms with Gasteiger partial charge in [0.05, 0.1) is 12.6 Å². The lowest BCUT2D eigenvalue weighted by Gasteiger charge is -2.24. The fourth-order valence-electron chi connectivity index (χ4n) is 1.60. The second-order valence-electron chi connectivity index (χ2n) is 5.60. The second kappa shape index (κ2) is 6.20. The molecular formula is C13H24N4S. The fraction of sp³-hybridized carbons (Fsp3) is 0.615. The van der Waals surface area contributed by atoms with Gasteiger partial charge in [0.25, 0.3) is 0 Å². The van der Waals surface area contributed by atoms with Crippen LogP contribution in [-0.2, 0) is 0 Å². The number of guanidine groups is 1. The van der Waals surface area contributed by atoms with Crippen molar-refractivity contribution in [1.29, 1.82) is 0 Å². The van der Waals surface area contributed by atoms with Crippen molar-refractivity contribution in [2.24, 2.45) is 10.7 Å². The summed E-state index contributed by atoms with van der Waals surface area (Å²) in [6.07, 6.45) is 0. The van der Waals surface area contributed by atoms with Crippen molar-refractivity contribution in [1.82, 2.24) is 10.2 Å². The number of nitrogens with one attached hydrogen (secondary N) is 1. The minimum absolute atomic E-state index is 0.0515. The third-order valence-corrected chi connectivity index (χ3v) is 3.41. The maximum absolute atomic E-state index is 5.89. The zero-order valence-electron chi connectivity index (χ0n) is 11.9. The Kier molecular flexibility index (Phi) is 5.16. The smallest absolute Gasteiger partial charge is 0.189 e. The van der Waals surface area contributed by atoms with Crippen molar-refractivity contribution in [2.45, 2.75) is 32.4 Å². The number of nitrogens with two attached hydrogens (primary N) is 1. The Morgan fingerprint density at radius 2 is 2.17 bits per heavy atom. The minimum atomic E-state index is -0.0515. The first kappa shape index (κ1) is 15.0. The number of hydrogen-bond donors (Lipinski definition) is 2. The van der Waals surface area contributed by atoms with Crippen LogP contribution in [0.2, 0.25) is 0 Å². The molecule has 0 aliphatic heterocycles. The van der Waals surface area contributed by atoms with E-state index in [4.69, 9.17) is 5.73 Å². The number of nitrogens with zero attached hydrogens (tertiary/aromatic N) is 2. The SMILES string of the molecule is CN(C)C(CN=C(N)NC(C)(C)C)c1cccs1. The fourth-order valence-corrected chi connectivity index (χ4v) is 2.51. The van der Waals surface area contributed by atoms with E-state index in [1.807, 2.05) is 0 Å². The first-order chi connectivity index (χ1) is 8.29. The number of thiophene rings is 1. The zero-order chi connectivity index (χ0) is 13.8. The van der Waals surface area contributed by atoms with Crippen LogP contribution in [0.25, 0.3) is 0 Å². The minimum Gasteiger partial charge on any atom is -0.370 e. The maximum atomic E-state index is 5.89. The number of rotatable bonds is 4. The van der Waals surface area contributed by atoms with Gasteiger partial charge >= 0.3 is 0 Å². The normalized spacial score (nSPS) is 14.9. The first-order valence-corrected chi connectivity index (χ1v) is 6.95. The van der Waals surface area contributed by atoms with E-state index in [0.29, 0.717) is 12.5 Å². The Morgan fingerprint density at radius 3 is 2.61 bits per heavy atom. The highest BCUT2D eigenvalue weighted by molar-refractivity contribution is 7.10. The molecule has 0 aliphatic rings. The lowest BCUT2D eigenvalue weighted by molar-refractivity contribution is 0.310. The molecule has 1 unspecified atom stereocenters. The van der Waals surface area contributed by atoms with Crippen LogP contribution in [0.4, 0.5) is 0 Å². The summed E-state index contributed by atoms with van der Waals surface area (Å²) in [6, 6.07) is 4.49. The second-order valence-corrected chi connectivity index (χ2v) is 6.58. The third-order valence-electron chi connectivity index (χ3n) is 2.43. The van der Waals surface area contributed by atoms with Crippen molar-refractivity contribution in [3.63, 3.8) is 0 Å². The summed E-state index contributed by atoms with van der Waals surface area (Å²) in [5.41, 5.74) is 5.83. The molecule has 0 bridgehead atoms. The molecule has 1 rings (SSSR count). The van der Waals surface area contributed by atoms with Crippen LogP contribution in [-0.4, -0.2) is 37.0 Å². The molecule has 1 heterocycles.